The third-order valence-electron chi connectivity index (χ3n) is 8.83. The van der Waals surface area contributed by atoms with E-state index >= 15 is 0 Å². The van der Waals surface area contributed by atoms with Crippen molar-refractivity contribution in [3.8, 4) is 0 Å². The Morgan fingerprint density at radius 1 is 0.955 bits per heavy atom. The number of nitrogens with zero attached hydrogens (tertiary/aromatic N) is 2. The second-order valence-corrected chi connectivity index (χ2v) is 12.1. The van der Waals surface area contributed by atoms with E-state index in [1.165, 1.54) is 37.8 Å². The van der Waals surface area contributed by atoms with E-state index in [1.54, 1.807) is 6.08 Å². The number of allylic oxidation sites excluding steroid dienone is 1. The predicted molar refractivity (Wildman–Crippen MR) is 166 cm³/mol. The minimum absolute atomic E-state index is 0.0286. The topological polar surface area (TPSA) is 211 Å². The number of aliphatic hydroxyl groups excluding tert-OH is 5. The van der Waals surface area contributed by atoms with Crippen LogP contribution in [0, 0.1) is 26.1 Å². The second kappa shape index (κ2) is 17.5. The summed E-state index contributed by atoms with van der Waals surface area (Å²) in [5, 5.41) is 81.3. The molecular formula is C31H48N4O9. The lowest BCUT2D eigenvalue weighted by Gasteiger charge is -2.36. The standard InChI is InChI=1S/C31H48N4O9/c1-20-11-9-7-5-3-2-4-6-8-10-12-21(20)16-28(37)26(18-32-25-15-22(19-36)29(38)31(40)30(25)39)33-24-14-13-23(34(41)42)17-27(24)35(43)44/h13-17,20,25-26,28-33,36-40H,2-12,18-19H2,1H3/b21-16+/t20?,25?,26?,28-,29?,30+,31?/m1/s1. The molecule has 0 saturated heterocycles. The average Bonchev–Trinajstić information content (AvgIpc) is 3.02. The summed E-state index contributed by atoms with van der Waals surface area (Å²) in [7, 11) is 0. The summed E-state index contributed by atoms with van der Waals surface area (Å²) >= 11 is 0. The fraction of sp³-hybridized carbons (Fsp3) is 0.677. The highest BCUT2D eigenvalue weighted by atomic mass is 16.6. The molecule has 0 spiro atoms. The van der Waals surface area contributed by atoms with Gasteiger partial charge in [0.15, 0.2) is 0 Å². The number of nitrogens with one attached hydrogen (secondary N) is 2. The van der Waals surface area contributed by atoms with E-state index in [0.717, 1.165) is 62.7 Å². The van der Waals surface area contributed by atoms with Crippen LogP contribution in [0.1, 0.15) is 77.6 Å². The fourth-order valence-electron chi connectivity index (χ4n) is 6.03. The number of benzene rings is 1. The average molecular weight is 621 g/mol. The van der Waals surface area contributed by atoms with Gasteiger partial charge in [-0.15, -0.1) is 0 Å². The van der Waals surface area contributed by atoms with Gasteiger partial charge in [0.05, 0.1) is 40.7 Å². The van der Waals surface area contributed by atoms with Gasteiger partial charge in [0.1, 0.15) is 24.0 Å². The molecule has 1 aromatic carbocycles. The molecule has 1 aromatic rings. The highest BCUT2D eigenvalue weighted by Crippen LogP contribution is 2.31. The van der Waals surface area contributed by atoms with Gasteiger partial charge in [0.25, 0.3) is 11.4 Å². The first-order valence-electron chi connectivity index (χ1n) is 15.7. The molecule has 7 N–H and O–H groups in total. The van der Waals surface area contributed by atoms with Gasteiger partial charge in [-0.25, -0.2) is 0 Å². The van der Waals surface area contributed by atoms with Gasteiger partial charge >= 0.3 is 0 Å². The number of anilines is 1. The molecule has 2 aliphatic rings. The molecule has 2 aliphatic carbocycles. The van der Waals surface area contributed by atoms with E-state index in [4.69, 9.17) is 0 Å². The number of hydrogen-bond acceptors (Lipinski definition) is 11. The Kier molecular flexibility index (Phi) is 14.2. The van der Waals surface area contributed by atoms with Gasteiger partial charge in [0.2, 0.25) is 0 Å². The zero-order valence-electron chi connectivity index (χ0n) is 25.4. The highest BCUT2D eigenvalue weighted by Gasteiger charge is 2.37. The number of rotatable bonds is 10. The van der Waals surface area contributed by atoms with Crippen LogP contribution >= 0.6 is 0 Å². The summed E-state index contributed by atoms with van der Waals surface area (Å²) in [6, 6.07) is 1.41. The van der Waals surface area contributed by atoms with Gasteiger partial charge in [-0.2, -0.15) is 0 Å². The van der Waals surface area contributed by atoms with Crippen molar-refractivity contribution < 1.29 is 35.4 Å². The Bertz CT molecular complexity index is 1160. The lowest BCUT2D eigenvalue weighted by molar-refractivity contribution is -0.393. The van der Waals surface area contributed by atoms with E-state index in [-0.39, 0.29) is 23.7 Å². The highest BCUT2D eigenvalue weighted by molar-refractivity contribution is 5.66. The minimum atomic E-state index is -1.56. The minimum Gasteiger partial charge on any atom is -0.392 e. The van der Waals surface area contributed by atoms with E-state index in [2.05, 4.69) is 17.6 Å². The number of aliphatic hydroxyl groups is 5. The summed E-state index contributed by atoms with van der Waals surface area (Å²) < 4.78 is 0. The lowest BCUT2D eigenvalue weighted by Crippen LogP contribution is -2.56. The molecule has 5 unspecified atom stereocenters. The molecule has 1 fully saturated rings. The van der Waals surface area contributed by atoms with Crippen molar-refractivity contribution in [1.82, 2.24) is 5.32 Å². The molecule has 246 valence electrons. The monoisotopic (exact) mass is 620 g/mol. The van der Waals surface area contributed by atoms with Crippen LogP contribution in [0.4, 0.5) is 17.1 Å². The van der Waals surface area contributed by atoms with Gasteiger partial charge in [0, 0.05) is 12.6 Å². The lowest BCUT2D eigenvalue weighted by atomic mass is 9.87. The first kappa shape index (κ1) is 35.5. The molecule has 0 bridgehead atoms. The molecule has 13 heteroatoms. The maximum Gasteiger partial charge on any atom is 0.299 e. The van der Waals surface area contributed by atoms with Crippen LogP contribution in [-0.2, 0) is 0 Å². The molecule has 0 aliphatic heterocycles. The van der Waals surface area contributed by atoms with Crippen LogP contribution in [-0.4, -0.2) is 85.0 Å². The Balaban J connectivity index is 1.92. The van der Waals surface area contributed by atoms with Crippen LogP contribution in [0.15, 0.2) is 41.5 Å². The van der Waals surface area contributed by atoms with Crippen LogP contribution < -0.4 is 10.6 Å². The van der Waals surface area contributed by atoms with Crippen LogP contribution in [0.3, 0.4) is 0 Å². The van der Waals surface area contributed by atoms with Crippen molar-refractivity contribution in [3.63, 3.8) is 0 Å². The number of nitro groups is 2. The Morgan fingerprint density at radius 2 is 1.59 bits per heavy atom. The summed E-state index contributed by atoms with van der Waals surface area (Å²) in [5.41, 5.74) is 0.214. The van der Waals surface area contributed by atoms with E-state index in [9.17, 15) is 45.8 Å². The number of nitro benzene ring substituents is 2. The molecule has 0 amide bonds. The Morgan fingerprint density at radius 3 is 2.20 bits per heavy atom. The fourth-order valence-corrected chi connectivity index (χ4v) is 6.03. The molecule has 0 aromatic heterocycles. The summed E-state index contributed by atoms with van der Waals surface area (Å²) in [6.45, 7) is 1.55. The van der Waals surface area contributed by atoms with Gasteiger partial charge in [-0.1, -0.05) is 76.0 Å². The zero-order chi connectivity index (χ0) is 32.2. The number of non-ortho nitro benzene ring substituents is 1. The van der Waals surface area contributed by atoms with Gasteiger partial charge < -0.3 is 36.2 Å². The predicted octanol–water partition coefficient (Wildman–Crippen LogP) is 3.48. The van der Waals surface area contributed by atoms with Crippen LogP contribution in [0.5, 0.6) is 0 Å². The first-order valence-corrected chi connectivity index (χ1v) is 15.7. The van der Waals surface area contributed by atoms with Crippen molar-refractivity contribution in [3.05, 3.63) is 61.7 Å². The Hall–Kier alpha value is -2.94. The molecular weight excluding hydrogens is 572 g/mol. The summed E-state index contributed by atoms with van der Waals surface area (Å²) in [5.74, 6) is 0.222. The van der Waals surface area contributed by atoms with E-state index < -0.39 is 64.3 Å². The van der Waals surface area contributed by atoms with Gasteiger partial charge in [-0.3, -0.25) is 20.2 Å². The zero-order valence-corrected chi connectivity index (χ0v) is 25.4. The third kappa shape index (κ3) is 10.0. The number of hydrogen-bond donors (Lipinski definition) is 7. The first-order chi connectivity index (χ1) is 21.0. The van der Waals surface area contributed by atoms with Crippen molar-refractivity contribution >= 4 is 17.1 Å². The van der Waals surface area contributed by atoms with Crippen LogP contribution in [0.25, 0.3) is 0 Å². The Labute approximate surface area is 258 Å². The van der Waals surface area contributed by atoms with Crippen LogP contribution in [0.2, 0.25) is 0 Å². The quantitative estimate of drug-likeness (QED) is 0.114. The normalized spacial score (nSPS) is 28.1. The summed E-state index contributed by atoms with van der Waals surface area (Å²) in [6.07, 6.45) is 9.84. The smallest absolute Gasteiger partial charge is 0.299 e. The molecule has 13 nitrogen and oxygen atoms in total. The molecule has 3 rings (SSSR count). The molecule has 1 saturated carbocycles. The van der Waals surface area contributed by atoms with Crippen molar-refractivity contribution in [2.24, 2.45) is 5.92 Å². The molecule has 0 radical (unpaired) electrons. The van der Waals surface area contributed by atoms with Crippen molar-refractivity contribution in [2.45, 2.75) is 114 Å². The van der Waals surface area contributed by atoms with Crippen molar-refractivity contribution in [2.75, 3.05) is 18.5 Å². The van der Waals surface area contributed by atoms with Crippen molar-refractivity contribution in [1.29, 1.82) is 0 Å². The maximum atomic E-state index is 11.8. The maximum absolute atomic E-state index is 11.8. The molecule has 44 heavy (non-hydrogen) atoms. The molecule has 0 heterocycles. The largest absolute Gasteiger partial charge is 0.392 e. The SMILES string of the molecule is CC1CCCCCCCCCCC/C1=C\[C@@H](O)C(CNC1C=C(CO)C(O)C(O)[C@H]1O)Nc1ccc([N+](=O)[O-])cc1[N+](=O)[O-]. The van der Waals surface area contributed by atoms with E-state index in [0.29, 0.717) is 0 Å². The molecule has 7 atom stereocenters. The van der Waals surface area contributed by atoms with E-state index in [1.807, 2.05) is 0 Å². The third-order valence-corrected chi connectivity index (χ3v) is 8.83. The second-order valence-electron chi connectivity index (χ2n) is 12.1. The van der Waals surface area contributed by atoms with Gasteiger partial charge in [-0.05, 0) is 36.8 Å². The summed E-state index contributed by atoms with van der Waals surface area (Å²) in [4.78, 5) is 21.6.